The van der Waals surface area contributed by atoms with Crippen molar-refractivity contribution in [1.82, 2.24) is 14.4 Å². The largest absolute Gasteiger partial charge is 0.310 e. The van der Waals surface area contributed by atoms with Crippen molar-refractivity contribution in [1.29, 1.82) is 0 Å². The van der Waals surface area contributed by atoms with E-state index in [-0.39, 0.29) is 11.0 Å². The molecule has 0 aliphatic heterocycles. The average Bonchev–Trinajstić information content (AvgIpc) is 3.44. The second kappa shape index (κ2) is 11.9. The van der Waals surface area contributed by atoms with Gasteiger partial charge in [0.15, 0.2) is 0 Å². The van der Waals surface area contributed by atoms with E-state index in [1.165, 1.54) is 22.3 Å². The van der Waals surface area contributed by atoms with E-state index < -0.39 is 0 Å². The zero-order chi connectivity index (χ0) is 35.7. The van der Waals surface area contributed by atoms with Gasteiger partial charge in [-0.05, 0) is 93.5 Å². The van der Waals surface area contributed by atoms with Crippen molar-refractivity contribution in [2.75, 3.05) is 4.90 Å². The molecule has 53 heavy (non-hydrogen) atoms. The molecule has 5 heteroatoms. The number of hydrogen-bond donors (Lipinski definition) is 0. The van der Waals surface area contributed by atoms with Crippen molar-refractivity contribution in [2.45, 2.75) is 19.3 Å². The van der Waals surface area contributed by atoms with Crippen molar-refractivity contribution < 1.29 is 0 Å². The van der Waals surface area contributed by atoms with Gasteiger partial charge in [-0.3, -0.25) is 4.79 Å². The molecule has 0 fully saturated rings. The molecular formula is C48H34N4O. The molecule has 0 N–H and O–H groups in total. The molecule has 0 saturated carbocycles. The van der Waals surface area contributed by atoms with E-state index in [2.05, 4.69) is 162 Å². The lowest BCUT2D eigenvalue weighted by Crippen LogP contribution is -2.17. The maximum atomic E-state index is 13.6. The molecule has 10 rings (SSSR count). The topological polar surface area (TPSA) is 50.5 Å². The van der Waals surface area contributed by atoms with Crippen molar-refractivity contribution in [2.24, 2.45) is 0 Å². The number of para-hydroxylation sites is 2. The van der Waals surface area contributed by atoms with Crippen molar-refractivity contribution >= 4 is 44.6 Å². The fourth-order valence-corrected chi connectivity index (χ4v) is 8.21. The number of fused-ring (bicyclic) bond motifs is 7. The first-order valence-electron chi connectivity index (χ1n) is 18.0. The summed E-state index contributed by atoms with van der Waals surface area (Å²) in [4.78, 5) is 25.3. The first-order valence-corrected chi connectivity index (χ1v) is 18.0. The van der Waals surface area contributed by atoms with Gasteiger partial charge in [0.25, 0.3) is 5.56 Å². The maximum Gasteiger partial charge on any atom is 0.267 e. The molecule has 9 aromatic rings. The van der Waals surface area contributed by atoms with Gasteiger partial charge in [0.2, 0.25) is 5.78 Å². The first kappa shape index (κ1) is 30.9. The van der Waals surface area contributed by atoms with Crippen LogP contribution in [0, 0.1) is 0 Å². The summed E-state index contributed by atoms with van der Waals surface area (Å²) in [6.45, 7) is 4.66. The third-order valence-corrected chi connectivity index (χ3v) is 10.8. The average molecular weight is 683 g/mol. The number of benzene rings is 7. The monoisotopic (exact) mass is 682 g/mol. The van der Waals surface area contributed by atoms with Gasteiger partial charge < -0.3 is 4.90 Å². The first-order chi connectivity index (χ1) is 26.0. The number of nitrogens with zero attached hydrogens (tertiary/aromatic N) is 4. The molecule has 0 amide bonds. The Hall–Kier alpha value is -6.85. The van der Waals surface area contributed by atoms with Gasteiger partial charge in [0.05, 0.1) is 22.1 Å². The Bertz CT molecular complexity index is 2960. The fourth-order valence-electron chi connectivity index (χ4n) is 8.21. The van der Waals surface area contributed by atoms with Crippen LogP contribution in [-0.4, -0.2) is 14.4 Å². The van der Waals surface area contributed by atoms with Crippen LogP contribution in [0.1, 0.15) is 25.0 Å². The van der Waals surface area contributed by atoms with Crippen LogP contribution >= 0.6 is 0 Å². The molecule has 2 heterocycles. The predicted octanol–water partition coefficient (Wildman–Crippen LogP) is 11.5. The highest BCUT2D eigenvalue weighted by Gasteiger charge is 2.36. The van der Waals surface area contributed by atoms with Gasteiger partial charge in [0.1, 0.15) is 0 Å². The summed E-state index contributed by atoms with van der Waals surface area (Å²) in [6, 6.07) is 57.3. The summed E-state index contributed by atoms with van der Waals surface area (Å²) in [5.74, 6) is 0.393. The number of rotatable bonds is 5. The van der Waals surface area contributed by atoms with Gasteiger partial charge in [-0.1, -0.05) is 123 Å². The smallest absolute Gasteiger partial charge is 0.267 e. The van der Waals surface area contributed by atoms with Gasteiger partial charge in [-0.15, -0.1) is 0 Å². The Morgan fingerprint density at radius 3 is 2.15 bits per heavy atom. The maximum absolute atomic E-state index is 13.6. The van der Waals surface area contributed by atoms with E-state index in [1.54, 1.807) is 4.40 Å². The molecule has 7 aromatic carbocycles. The summed E-state index contributed by atoms with van der Waals surface area (Å²) in [5, 5.41) is 1.44. The van der Waals surface area contributed by atoms with E-state index in [9.17, 15) is 4.79 Å². The van der Waals surface area contributed by atoms with Crippen LogP contribution in [0.5, 0.6) is 0 Å². The molecule has 0 atom stereocenters. The van der Waals surface area contributed by atoms with E-state index in [0.717, 1.165) is 50.2 Å². The normalized spacial score (nSPS) is 12.9. The number of hydrogen-bond acceptors (Lipinski definition) is 4. The molecule has 252 valence electrons. The summed E-state index contributed by atoms with van der Waals surface area (Å²) >= 11 is 0. The van der Waals surface area contributed by atoms with E-state index >= 15 is 0 Å². The molecule has 0 spiro atoms. The van der Waals surface area contributed by atoms with Gasteiger partial charge in [-0.25, -0.2) is 14.4 Å². The standard InChI is InChI=1S/C48H34N4O/c1-48(2)41-20-9-6-18-38(41)39-25-24-36(29-42(39)48)51(45-22-11-8-17-37(45)31-13-4-3-5-14-31)35-16-12-15-32(28-35)33-23-26-44-34(27-33)30-49-47-50-43-21-10-7-19-40(43)46(53)52(44)47/h3-30H,1-2H3. The Morgan fingerprint density at radius 2 is 1.26 bits per heavy atom. The minimum Gasteiger partial charge on any atom is -0.310 e. The molecule has 1 aliphatic rings. The highest BCUT2D eigenvalue weighted by molar-refractivity contribution is 5.92. The molecule has 5 nitrogen and oxygen atoms in total. The van der Waals surface area contributed by atoms with Crippen LogP contribution in [0.25, 0.3) is 61.0 Å². The molecular weight excluding hydrogens is 649 g/mol. The van der Waals surface area contributed by atoms with Gasteiger partial charge >= 0.3 is 0 Å². The summed E-state index contributed by atoms with van der Waals surface area (Å²) in [6.07, 6.45) is 1.81. The van der Waals surface area contributed by atoms with Crippen LogP contribution in [0.15, 0.2) is 175 Å². The van der Waals surface area contributed by atoms with Crippen molar-refractivity contribution in [3.8, 4) is 33.4 Å². The Kier molecular flexibility index (Phi) is 6.92. The highest BCUT2D eigenvalue weighted by atomic mass is 16.1. The SMILES string of the molecule is CC1(C)c2ccccc2-c2ccc(N(c3cccc(-c4ccc5c(cnc6nc7ccccc7c(=O)n65)c4)c3)c3ccccc3-c3ccccc3)cc21. The lowest BCUT2D eigenvalue weighted by molar-refractivity contribution is 0.660. The summed E-state index contributed by atoms with van der Waals surface area (Å²) in [5.41, 5.74) is 14.1. The Morgan fingerprint density at radius 1 is 0.566 bits per heavy atom. The molecule has 0 bridgehead atoms. The zero-order valence-corrected chi connectivity index (χ0v) is 29.4. The van der Waals surface area contributed by atoms with E-state index in [4.69, 9.17) is 0 Å². The quantitative estimate of drug-likeness (QED) is 0.134. The van der Waals surface area contributed by atoms with E-state index in [1.807, 2.05) is 36.5 Å². The van der Waals surface area contributed by atoms with Crippen LogP contribution in [-0.2, 0) is 5.41 Å². The minimum absolute atomic E-state index is 0.119. The highest BCUT2D eigenvalue weighted by Crippen LogP contribution is 2.51. The van der Waals surface area contributed by atoms with Crippen LogP contribution in [0.4, 0.5) is 17.1 Å². The van der Waals surface area contributed by atoms with Crippen LogP contribution < -0.4 is 10.5 Å². The Labute approximate surface area is 307 Å². The molecule has 2 aromatic heterocycles. The van der Waals surface area contributed by atoms with Gasteiger partial charge in [-0.2, -0.15) is 0 Å². The molecule has 1 aliphatic carbocycles. The predicted molar refractivity (Wildman–Crippen MR) is 217 cm³/mol. The lowest BCUT2D eigenvalue weighted by Gasteiger charge is -2.30. The summed E-state index contributed by atoms with van der Waals surface area (Å²) in [7, 11) is 0. The van der Waals surface area contributed by atoms with Crippen molar-refractivity contribution in [3.63, 3.8) is 0 Å². The van der Waals surface area contributed by atoms with E-state index in [0.29, 0.717) is 16.7 Å². The zero-order valence-electron chi connectivity index (χ0n) is 29.4. The lowest BCUT2D eigenvalue weighted by atomic mass is 9.82. The van der Waals surface area contributed by atoms with Gasteiger partial charge in [0, 0.05) is 33.9 Å². The van der Waals surface area contributed by atoms with Crippen molar-refractivity contribution in [3.05, 3.63) is 191 Å². The third kappa shape index (κ3) is 4.89. The summed E-state index contributed by atoms with van der Waals surface area (Å²) < 4.78 is 1.62. The van der Waals surface area contributed by atoms with Crippen LogP contribution in [0.3, 0.4) is 0 Å². The number of aromatic nitrogens is 3. The number of anilines is 3. The second-order valence-electron chi connectivity index (χ2n) is 14.3. The molecule has 0 radical (unpaired) electrons. The van der Waals surface area contributed by atoms with Crippen LogP contribution in [0.2, 0.25) is 0 Å². The second-order valence-corrected chi connectivity index (χ2v) is 14.3. The third-order valence-electron chi connectivity index (χ3n) is 10.8. The fraction of sp³-hybridized carbons (Fsp3) is 0.0625. The molecule has 0 saturated heterocycles. The minimum atomic E-state index is -0.137. The molecule has 0 unspecified atom stereocenters. The Balaban J connectivity index is 1.14.